The SMILES string of the molecule is CO[C@H](CNS(=O)(=O)c1ccc(F)cc1)c1ccccc1. The highest BCUT2D eigenvalue weighted by molar-refractivity contribution is 7.89. The first-order chi connectivity index (χ1) is 10.0. The molecule has 112 valence electrons. The van der Waals surface area contributed by atoms with Gasteiger partial charge in [0.2, 0.25) is 10.0 Å². The van der Waals surface area contributed by atoms with Crippen molar-refractivity contribution in [3.05, 3.63) is 66.0 Å². The molecule has 0 radical (unpaired) electrons. The first-order valence-corrected chi connectivity index (χ1v) is 7.84. The summed E-state index contributed by atoms with van der Waals surface area (Å²) < 4.78 is 44.8. The van der Waals surface area contributed by atoms with E-state index in [2.05, 4.69) is 4.72 Å². The molecule has 0 unspecified atom stereocenters. The normalized spacial score (nSPS) is 13.0. The van der Waals surface area contributed by atoms with Crippen LogP contribution in [0.15, 0.2) is 59.5 Å². The fourth-order valence-corrected chi connectivity index (χ4v) is 2.92. The van der Waals surface area contributed by atoms with Crippen molar-refractivity contribution >= 4 is 10.0 Å². The number of hydrogen-bond acceptors (Lipinski definition) is 3. The monoisotopic (exact) mass is 309 g/mol. The summed E-state index contributed by atoms with van der Waals surface area (Å²) in [7, 11) is -2.17. The topological polar surface area (TPSA) is 55.4 Å². The molecular formula is C15H16FNO3S. The summed E-state index contributed by atoms with van der Waals surface area (Å²) in [5.41, 5.74) is 0.877. The van der Waals surface area contributed by atoms with E-state index in [1.54, 1.807) is 0 Å². The van der Waals surface area contributed by atoms with E-state index in [-0.39, 0.29) is 17.5 Å². The van der Waals surface area contributed by atoms with Gasteiger partial charge in [0.1, 0.15) is 5.82 Å². The van der Waals surface area contributed by atoms with Crippen molar-refractivity contribution in [2.75, 3.05) is 13.7 Å². The third-order valence-electron chi connectivity index (χ3n) is 3.04. The molecule has 0 aliphatic carbocycles. The van der Waals surface area contributed by atoms with Crippen LogP contribution in [0.25, 0.3) is 0 Å². The van der Waals surface area contributed by atoms with Gasteiger partial charge in [0.25, 0.3) is 0 Å². The molecule has 6 heteroatoms. The Balaban J connectivity index is 2.08. The Bertz CT molecular complexity index is 672. The van der Waals surface area contributed by atoms with Crippen molar-refractivity contribution in [3.8, 4) is 0 Å². The van der Waals surface area contributed by atoms with E-state index in [9.17, 15) is 12.8 Å². The molecule has 0 heterocycles. The molecule has 4 nitrogen and oxygen atoms in total. The summed E-state index contributed by atoms with van der Waals surface area (Å²) in [6, 6.07) is 14.0. The Kier molecular flexibility index (Phi) is 5.06. The molecule has 0 spiro atoms. The third-order valence-corrected chi connectivity index (χ3v) is 4.48. The highest BCUT2D eigenvalue weighted by Gasteiger charge is 2.17. The van der Waals surface area contributed by atoms with E-state index in [1.807, 2.05) is 30.3 Å². The van der Waals surface area contributed by atoms with Gasteiger partial charge in [0, 0.05) is 13.7 Å². The number of ether oxygens (including phenoxy) is 1. The van der Waals surface area contributed by atoms with Crippen LogP contribution in [0.4, 0.5) is 4.39 Å². The molecule has 21 heavy (non-hydrogen) atoms. The van der Waals surface area contributed by atoms with Gasteiger partial charge < -0.3 is 4.74 Å². The number of halogens is 1. The zero-order chi connectivity index (χ0) is 15.3. The summed E-state index contributed by atoms with van der Waals surface area (Å²) in [4.78, 5) is 0.0202. The molecule has 0 fully saturated rings. The second-order valence-electron chi connectivity index (χ2n) is 4.44. The van der Waals surface area contributed by atoms with Crippen LogP contribution in [0.2, 0.25) is 0 Å². The van der Waals surface area contributed by atoms with Crippen molar-refractivity contribution < 1.29 is 17.5 Å². The van der Waals surface area contributed by atoms with Crippen LogP contribution in [0, 0.1) is 5.82 Å². The van der Waals surface area contributed by atoms with Gasteiger partial charge >= 0.3 is 0 Å². The minimum absolute atomic E-state index is 0.0202. The van der Waals surface area contributed by atoms with Crippen molar-refractivity contribution in [2.24, 2.45) is 0 Å². The lowest BCUT2D eigenvalue weighted by molar-refractivity contribution is 0.107. The van der Waals surface area contributed by atoms with E-state index in [4.69, 9.17) is 4.74 Å². The van der Waals surface area contributed by atoms with Crippen molar-refractivity contribution in [1.29, 1.82) is 0 Å². The molecule has 2 aromatic rings. The number of rotatable bonds is 6. The maximum Gasteiger partial charge on any atom is 0.240 e. The predicted octanol–water partition coefficient (Wildman–Crippen LogP) is 2.49. The van der Waals surface area contributed by atoms with Crippen LogP contribution in [-0.2, 0) is 14.8 Å². The zero-order valence-corrected chi connectivity index (χ0v) is 12.3. The van der Waals surface area contributed by atoms with Gasteiger partial charge in [-0.1, -0.05) is 30.3 Å². The molecule has 1 atom stereocenters. The average Bonchev–Trinajstić information content (AvgIpc) is 2.49. The van der Waals surface area contributed by atoms with Crippen molar-refractivity contribution in [3.63, 3.8) is 0 Å². The summed E-state index contributed by atoms with van der Waals surface area (Å²) in [5.74, 6) is -0.479. The van der Waals surface area contributed by atoms with Gasteiger partial charge in [0.05, 0.1) is 11.0 Å². The second kappa shape index (κ2) is 6.80. The third kappa shape index (κ3) is 4.10. The van der Waals surface area contributed by atoms with Crippen molar-refractivity contribution in [2.45, 2.75) is 11.0 Å². The van der Waals surface area contributed by atoms with Crippen molar-refractivity contribution in [1.82, 2.24) is 4.72 Å². The summed E-state index contributed by atoms with van der Waals surface area (Å²) in [5, 5.41) is 0. The molecule has 0 aliphatic heterocycles. The quantitative estimate of drug-likeness (QED) is 0.892. The van der Waals surface area contributed by atoms with E-state index in [1.165, 1.54) is 19.2 Å². The lowest BCUT2D eigenvalue weighted by Gasteiger charge is -2.16. The smallest absolute Gasteiger partial charge is 0.240 e. The molecule has 1 N–H and O–H groups in total. The lowest BCUT2D eigenvalue weighted by Crippen LogP contribution is -2.29. The van der Waals surface area contributed by atoms with Crippen LogP contribution in [0.5, 0.6) is 0 Å². The highest BCUT2D eigenvalue weighted by Crippen LogP contribution is 2.16. The van der Waals surface area contributed by atoms with Gasteiger partial charge in [-0.2, -0.15) is 0 Å². The average molecular weight is 309 g/mol. The van der Waals surface area contributed by atoms with E-state index >= 15 is 0 Å². The van der Waals surface area contributed by atoms with Crippen LogP contribution >= 0.6 is 0 Å². The van der Waals surface area contributed by atoms with Gasteiger partial charge in [-0.3, -0.25) is 0 Å². The maximum absolute atomic E-state index is 12.8. The number of methoxy groups -OCH3 is 1. The van der Waals surface area contributed by atoms with Gasteiger partial charge in [-0.05, 0) is 29.8 Å². The molecule has 0 aromatic heterocycles. The lowest BCUT2D eigenvalue weighted by atomic mass is 10.1. The molecule has 0 aliphatic rings. The fourth-order valence-electron chi connectivity index (χ4n) is 1.89. The predicted molar refractivity (Wildman–Crippen MR) is 77.8 cm³/mol. The number of nitrogens with one attached hydrogen (secondary N) is 1. The largest absolute Gasteiger partial charge is 0.375 e. The highest BCUT2D eigenvalue weighted by atomic mass is 32.2. The maximum atomic E-state index is 12.8. The Hall–Kier alpha value is -1.76. The molecule has 2 aromatic carbocycles. The van der Waals surface area contributed by atoms with Gasteiger partial charge in [0.15, 0.2) is 0 Å². The first kappa shape index (κ1) is 15.6. The summed E-state index contributed by atoms with van der Waals surface area (Å²) >= 11 is 0. The summed E-state index contributed by atoms with van der Waals surface area (Å²) in [6.45, 7) is 0.0974. The Morgan fingerprint density at radius 1 is 1.10 bits per heavy atom. The fraction of sp³-hybridized carbons (Fsp3) is 0.200. The molecule has 0 amide bonds. The molecule has 0 saturated heterocycles. The van der Waals surface area contributed by atoms with Crippen LogP contribution < -0.4 is 4.72 Å². The first-order valence-electron chi connectivity index (χ1n) is 6.36. The van der Waals surface area contributed by atoms with E-state index in [0.717, 1.165) is 17.7 Å². The molecule has 0 saturated carbocycles. The number of sulfonamides is 1. The summed E-state index contributed by atoms with van der Waals surface area (Å²) in [6.07, 6.45) is -0.388. The minimum Gasteiger partial charge on any atom is -0.375 e. The molecule has 2 rings (SSSR count). The number of hydrogen-bond donors (Lipinski definition) is 1. The number of benzene rings is 2. The molecular weight excluding hydrogens is 293 g/mol. The Labute approximate surface area is 123 Å². The zero-order valence-electron chi connectivity index (χ0n) is 11.5. The van der Waals surface area contributed by atoms with Crippen LogP contribution in [0.1, 0.15) is 11.7 Å². The van der Waals surface area contributed by atoms with Crippen LogP contribution in [0.3, 0.4) is 0 Å². The Morgan fingerprint density at radius 2 is 1.71 bits per heavy atom. The minimum atomic E-state index is -3.69. The molecule has 0 bridgehead atoms. The van der Waals surface area contributed by atoms with E-state index < -0.39 is 15.8 Å². The Morgan fingerprint density at radius 3 is 2.29 bits per heavy atom. The second-order valence-corrected chi connectivity index (χ2v) is 6.21. The van der Waals surface area contributed by atoms with Crippen LogP contribution in [-0.4, -0.2) is 22.1 Å². The standard InChI is InChI=1S/C15H16FNO3S/c1-20-15(12-5-3-2-4-6-12)11-17-21(18,19)14-9-7-13(16)8-10-14/h2-10,15,17H,11H2,1H3/t15-/m1/s1. The van der Waals surface area contributed by atoms with E-state index in [0.29, 0.717) is 0 Å². The van der Waals surface area contributed by atoms with Gasteiger partial charge in [-0.15, -0.1) is 0 Å². The van der Waals surface area contributed by atoms with Gasteiger partial charge in [-0.25, -0.2) is 17.5 Å².